The highest BCUT2D eigenvalue weighted by atomic mass is 32.2. The molecule has 1 aromatic heterocycles. The Morgan fingerprint density at radius 2 is 2.37 bits per heavy atom. The molecule has 19 heavy (non-hydrogen) atoms. The smallest absolute Gasteiger partial charge is 0.281 e. The summed E-state index contributed by atoms with van der Waals surface area (Å²) in [7, 11) is 0. The number of carbonyl (C=O) groups is 2. The number of nitrogens with one attached hydrogen (secondary N) is 1. The normalized spacial score (nSPS) is 16.7. The fraction of sp³-hybridized carbons (Fsp3) is 0.538. The Morgan fingerprint density at radius 3 is 2.95 bits per heavy atom. The van der Waals surface area contributed by atoms with Gasteiger partial charge in [0, 0.05) is 25.3 Å². The second-order valence-electron chi connectivity index (χ2n) is 4.59. The molecule has 1 fully saturated rings. The summed E-state index contributed by atoms with van der Waals surface area (Å²) in [5.41, 5.74) is 0. The van der Waals surface area contributed by atoms with Crippen molar-refractivity contribution in [2.24, 2.45) is 0 Å². The molecule has 2 amide bonds. The Bertz CT molecular complexity index is 472. The van der Waals surface area contributed by atoms with Crippen LogP contribution in [0.5, 0.6) is 0 Å². The van der Waals surface area contributed by atoms with E-state index >= 15 is 0 Å². The Morgan fingerprint density at radius 1 is 1.58 bits per heavy atom. The molecule has 0 spiro atoms. The lowest BCUT2D eigenvalue weighted by Crippen LogP contribution is -2.32. The first-order chi connectivity index (χ1) is 9.06. The van der Waals surface area contributed by atoms with Gasteiger partial charge < -0.3 is 14.6 Å². The molecule has 1 aliphatic heterocycles. The van der Waals surface area contributed by atoms with E-state index in [-0.39, 0.29) is 17.2 Å². The number of nitrogens with zero attached hydrogens (tertiary/aromatic N) is 1. The van der Waals surface area contributed by atoms with E-state index in [1.165, 1.54) is 11.8 Å². The highest BCUT2D eigenvalue weighted by Crippen LogP contribution is 2.18. The topological polar surface area (TPSA) is 62.6 Å². The zero-order valence-corrected chi connectivity index (χ0v) is 12.0. The third-order valence-corrected chi connectivity index (χ3v) is 3.91. The molecule has 0 unspecified atom stereocenters. The van der Waals surface area contributed by atoms with E-state index in [9.17, 15) is 9.59 Å². The summed E-state index contributed by atoms with van der Waals surface area (Å²) >= 11 is 1.31. The van der Waals surface area contributed by atoms with Crippen LogP contribution in [-0.4, -0.2) is 34.9 Å². The molecule has 0 aromatic carbocycles. The van der Waals surface area contributed by atoms with Crippen LogP contribution in [-0.2, 0) is 4.79 Å². The number of rotatable bonds is 5. The van der Waals surface area contributed by atoms with E-state index in [1.807, 2.05) is 26.0 Å². The Labute approximate surface area is 116 Å². The number of aryl methyl sites for hydroxylation is 1. The van der Waals surface area contributed by atoms with Gasteiger partial charge in [-0.1, -0.05) is 11.8 Å². The molecule has 104 valence electrons. The fourth-order valence-electron chi connectivity index (χ4n) is 1.94. The third-order valence-electron chi connectivity index (χ3n) is 3.02. The predicted molar refractivity (Wildman–Crippen MR) is 74.0 cm³/mol. The molecule has 1 N–H and O–H groups in total. The zero-order valence-electron chi connectivity index (χ0n) is 11.1. The Hall–Kier alpha value is -1.43. The van der Waals surface area contributed by atoms with Gasteiger partial charge in [-0.05, 0) is 26.0 Å². The lowest BCUT2D eigenvalue weighted by Gasteiger charge is -2.15. The Balaban J connectivity index is 1.76. The van der Waals surface area contributed by atoms with Gasteiger partial charge >= 0.3 is 0 Å². The van der Waals surface area contributed by atoms with Crippen LogP contribution in [0.25, 0.3) is 0 Å². The molecule has 0 bridgehead atoms. The van der Waals surface area contributed by atoms with Crippen LogP contribution in [0, 0.1) is 6.92 Å². The van der Waals surface area contributed by atoms with Crippen LogP contribution < -0.4 is 5.32 Å². The second-order valence-corrected chi connectivity index (χ2v) is 5.64. The quantitative estimate of drug-likeness (QED) is 0.900. The number of hydrogen-bond acceptors (Lipinski definition) is 4. The zero-order chi connectivity index (χ0) is 13.8. The Kier molecular flexibility index (Phi) is 4.52. The monoisotopic (exact) mass is 282 g/mol. The summed E-state index contributed by atoms with van der Waals surface area (Å²) in [5, 5.41) is 2.94. The first-order valence-electron chi connectivity index (χ1n) is 6.33. The molecule has 1 aromatic rings. The molecular weight excluding hydrogens is 264 g/mol. The maximum Gasteiger partial charge on any atom is 0.281 e. The summed E-state index contributed by atoms with van der Waals surface area (Å²) in [6.07, 6.45) is 0.330. The minimum absolute atomic E-state index is 0.0637. The average Bonchev–Trinajstić information content (AvgIpc) is 2.95. The molecule has 0 radical (unpaired) electrons. The first-order valence-corrected chi connectivity index (χ1v) is 7.32. The van der Waals surface area contributed by atoms with Gasteiger partial charge in [0.05, 0.1) is 6.04 Å². The van der Waals surface area contributed by atoms with Gasteiger partial charge in [0.15, 0.2) is 0 Å². The molecule has 0 saturated carbocycles. The van der Waals surface area contributed by atoms with Crippen molar-refractivity contribution in [2.45, 2.75) is 26.3 Å². The van der Waals surface area contributed by atoms with E-state index in [2.05, 4.69) is 5.32 Å². The van der Waals surface area contributed by atoms with Gasteiger partial charge in [0.25, 0.3) is 5.24 Å². The van der Waals surface area contributed by atoms with E-state index in [0.29, 0.717) is 13.0 Å². The number of furan rings is 1. The summed E-state index contributed by atoms with van der Waals surface area (Å²) in [6.45, 7) is 4.98. The van der Waals surface area contributed by atoms with Gasteiger partial charge in [0.2, 0.25) is 5.91 Å². The lowest BCUT2D eigenvalue weighted by molar-refractivity contribution is -0.122. The summed E-state index contributed by atoms with van der Waals surface area (Å²) in [5.74, 6) is 2.34. The number of thioether (sulfide) groups is 1. The van der Waals surface area contributed by atoms with Gasteiger partial charge in [-0.3, -0.25) is 9.59 Å². The maximum atomic E-state index is 11.8. The minimum Gasteiger partial charge on any atom is -0.464 e. The van der Waals surface area contributed by atoms with Gasteiger partial charge in [0.1, 0.15) is 11.5 Å². The molecular formula is C13H18N2O3S. The summed E-state index contributed by atoms with van der Waals surface area (Å²) in [6, 6.07) is 3.59. The van der Waals surface area contributed by atoms with Crippen LogP contribution in [0.4, 0.5) is 4.79 Å². The lowest BCUT2D eigenvalue weighted by atomic mass is 10.2. The molecule has 6 heteroatoms. The predicted octanol–water partition coefficient (Wildman–Crippen LogP) is 2.32. The van der Waals surface area contributed by atoms with Crippen LogP contribution in [0.1, 0.15) is 30.9 Å². The standard InChI is InChI=1S/C13H18N2O3S/c1-9-3-4-11(18-9)10(2)14-12(16)5-6-15-7-8-19-13(15)17/h3-4,10H,5-8H2,1-2H3,(H,14,16)/t10-/m1/s1. The fourth-order valence-corrected chi connectivity index (χ4v) is 2.79. The largest absolute Gasteiger partial charge is 0.464 e. The van der Waals surface area contributed by atoms with E-state index in [0.717, 1.165) is 23.8 Å². The second kappa shape index (κ2) is 6.14. The first kappa shape index (κ1) is 14.0. The highest BCUT2D eigenvalue weighted by Gasteiger charge is 2.21. The van der Waals surface area contributed by atoms with Crippen molar-refractivity contribution < 1.29 is 14.0 Å². The highest BCUT2D eigenvalue weighted by molar-refractivity contribution is 8.13. The van der Waals surface area contributed by atoms with Crippen molar-refractivity contribution in [1.82, 2.24) is 10.2 Å². The number of amides is 2. The molecule has 2 rings (SSSR count). The summed E-state index contributed by atoms with van der Waals surface area (Å²) in [4.78, 5) is 24.9. The number of carbonyl (C=O) groups excluding carboxylic acids is 2. The van der Waals surface area contributed by atoms with Gasteiger partial charge in [-0.2, -0.15) is 0 Å². The van der Waals surface area contributed by atoms with E-state index < -0.39 is 0 Å². The van der Waals surface area contributed by atoms with E-state index in [1.54, 1.807) is 4.90 Å². The molecule has 1 saturated heterocycles. The van der Waals surface area contributed by atoms with Crippen molar-refractivity contribution in [3.63, 3.8) is 0 Å². The van der Waals surface area contributed by atoms with E-state index in [4.69, 9.17) is 4.42 Å². The maximum absolute atomic E-state index is 11.8. The third kappa shape index (κ3) is 3.76. The van der Waals surface area contributed by atoms with Crippen LogP contribution in [0.2, 0.25) is 0 Å². The summed E-state index contributed by atoms with van der Waals surface area (Å²) < 4.78 is 5.46. The van der Waals surface area contributed by atoms with Gasteiger partial charge in [-0.15, -0.1) is 0 Å². The van der Waals surface area contributed by atoms with Crippen molar-refractivity contribution in [2.75, 3.05) is 18.8 Å². The molecule has 1 atom stereocenters. The van der Waals surface area contributed by atoms with Crippen LogP contribution >= 0.6 is 11.8 Å². The van der Waals surface area contributed by atoms with Crippen LogP contribution in [0.3, 0.4) is 0 Å². The SMILES string of the molecule is Cc1ccc([C@@H](C)NC(=O)CCN2CCSC2=O)o1. The van der Waals surface area contributed by atoms with Crippen molar-refractivity contribution in [3.05, 3.63) is 23.7 Å². The van der Waals surface area contributed by atoms with Crippen molar-refractivity contribution >= 4 is 22.9 Å². The minimum atomic E-state index is -0.148. The van der Waals surface area contributed by atoms with Crippen molar-refractivity contribution in [1.29, 1.82) is 0 Å². The molecule has 0 aliphatic carbocycles. The van der Waals surface area contributed by atoms with Crippen molar-refractivity contribution in [3.8, 4) is 0 Å². The molecule has 1 aliphatic rings. The molecule has 5 nitrogen and oxygen atoms in total. The van der Waals surface area contributed by atoms with Crippen LogP contribution in [0.15, 0.2) is 16.5 Å². The molecule has 2 heterocycles. The number of hydrogen-bond donors (Lipinski definition) is 1. The van der Waals surface area contributed by atoms with Gasteiger partial charge in [-0.25, -0.2) is 0 Å². The average molecular weight is 282 g/mol.